The number of amides is 2. The van der Waals surface area contributed by atoms with Gasteiger partial charge in [-0.05, 0) is 61.7 Å². The Bertz CT molecular complexity index is 887. The highest BCUT2D eigenvalue weighted by atomic mass is 16.5. The summed E-state index contributed by atoms with van der Waals surface area (Å²) in [6, 6.07) is 14.9. The number of aryl methyl sites for hydroxylation is 1. The number of ether oxygens (including phenoxy) is 1. The number of carbonyl (C=O) groups is 2. The molecule has 2 aromatic rings. The lowest BCUT2D eigenvalue weighted by molar-refractivity contribution is -0.134. The zero-order chi connectivity index (χ0) is 22.4. The van der Waals surface area contributed by atoms with Gasteiger partial charge in [0.25, 0.3) is 5.91 Å². The molecular formula is C25H33N3O3. The Labute approximate surface area is 185 Å². The quantitative estimate of drug-likeness (QED) is 0.741. The Hall–Kier alpha value is -3.02. The predicted octanol–water partition coefficient (Wildman–Crippen LogP) is 3.50. The van der Waals surface area contributed by atoms with Gasteiger partial charge in [-0.25, -0.2) is 0 Å². The molecule has 1 heterocycles. The summed E-state index contributed by atoms with van der Waals surface area (Å²) in [6.07, 6.45) is 0. The highest BCUT2D eigenvalue weighted by Crippen LogP contribution is 2.19. The maximum absolute atomic E-state index is 13.2. The van der Waals surface area contributed by atoms with Crippen LogP contribution in [0.1, 0.15) is 36.7 Å². The van der Waals surface area contributed by atoms with Crippen molar-refractivity contribution >= 4 is 17.5 Å². The van der Waals surface area contributed by atoms with Crippen LogP contribution < -0.4 is 15.0 Å². The Morgan fingerprint density at radius 1 is 1.03 bits per heavy atom. The van der Waals surface area contributed by atoms with Crippen LogP contribution in [0.4, 0.5) is 5.69 Å². The van der Waals surface area contributed by atoms with Crippen molar-refractivity contribution in [2.75, 3.05) is 37.7 Å². The maximum atomic E-state index is 13.2. The maximum Gasteiger partial charge on any atom is 0.251 e. The third-order valence-electron chi connectivity index (χ3n) is 5.60. The van der Waals surface area contributed by atoms with Crippen molar-refractivity contribution in [1.29, 1.82) is 0 Å². The first-order valence-electron chi connectivity index (χ1n) is 11.0. The van der Waals surface area contributed by atoms with Gasteiger partial charge < -0.3 is 19.9 Å². The molecule has 1 unspecified atom stereocenters. The van der Waals surface area contributed by atoms with Crippen LogP contribution in [0.25, 0.3) is 0 Å². The zero-order valence-electron chi connectivity index (χ0n) is 18.9. The van der Waals surface area contributed by atoms with Crippen molar-refractivity contribution in [3.8, 4) is 5.75 Å². The van der Waals surface area contributed by atoms with Gasteiger partial charge in [-0.1, -0.05) is 26.0 Å². The Morgan fingerprint density at radius 2 is 1.71 bits per heavy atom. The Kier molecular flexibility index (Phi) is 7.55. The van der Waals surface area contributed by atoms with E-state index in [0.29, 0.717) is 25.3 Å². The highest BCUT2D eigenvalue weighted by molar-refractivity contribution is 5.97. The standard InChI is InChI=1S/C25H33N3O3/c1-5-31-22-11-9-20(10-12-22)24(29)26-23(18(2)3)25(30)28-15-13-27(14-16-28)21-8-6-7-19(4)17-21/h6-12,17-18,23H,5,13-16H2,1-4H3,(H,26,29). The lowest BCUT2D eigenvalue weighted by atomic mass is 10.0. The summed E-state index contributed by atoms with van der Waals surface area (Å²) >= 11 is 0. The molecule has 2 amide bonds. The fourth-order valence-electron chi connectivity index (χ4n) is 3.81. The molecule has 1 saturated heterocycles. The van der Waals surface area contributed by atoms with Crippen LogP contribution in [-0.4, -0.2) is 55.5 Å². The van der Waals surface area contributed by atoms with Crippen molar-refractivity contribution in [3.63, 3.8) is 0 Å². The largest absolute Gasteiger partial charge is 0.494 e. The number of nitrogens with zero attached hydrogens (tertiary/aromatic N) is 2. The summed E-state index contributed by atoms with van der Waals surface area (Å²) in [5.74, 6) is 0.461. The van der Waals surface area contributed by atoms with E-state index in [0.717, 1.165) is 18.8 Å². The molecular weight excluding hydrogens is 390 g/mol. The molecule has 0 spiro atoms. The van der Waals surface area contributed by atoms with E-state index >= 15 is 0 Å². The number of piperazine rings is 1. The van der Waals surface area contributed by atoms with Crippen LogP contribution in [0, 0.1) is 12.8 Å². The first kappa shape index (κ1) is 22.7. The highest BCUT2D eigenvalue weighted by Gasteiger charge is 2.31. The molecule has 0 aliphatic carbocycles. The second-order valence-electron chi connectivity index (χ2n) is 8.30. The second-order valence-corrected chi connectivity index (χ2v) is 8.30. The van der Waals surface area contributed by atoms with Gasteiger partial charge in [0.1, 0.15) is 11.8 Å². The van der Waals surface area contributed by atoms with Gasteiger partial charge in [0.05, 0.1) is 6.61 Å². The zero-order valence-corrected chi connectivity index (χ0v) is 18.9. The summed E-state index contributed by atoms with van der Waals surface area (Å²) in [4.78, 5) is 30.1. The van der Waals surface area contributed by atoms with E-state index in [-0.39, 0.29) is 17.7 Å². The summed E-state index contributed by atoms with van der Waals surface area (Å²) in [6.45, 7) is 11.4. The molecule has 0 saturated carbocycles. The number of nitrogens with one attached hydrogen (secondary N) is 1. The molecule has 6 nitrogen and oxygen atoms in total. The normalized spacial score (nSPS) is 15.0. The number of benzene rings is 2. The minimum Gasteiger partial charge on any atom is -0.494 e. The smallest absolute Gasteiger partial charge is 0.251 e. The van der Waals surface area contributed by atoms with Gasteiger partial charge in [-0.3, -0.25) is 9.59 Å². The molecule has 1 atom stereocenters. The molecule has 0 radical (unpaired) electrons. The van der Waals surface area contributed by atoms with Gasteiger partial charge in [-0.15, -0.1) is 0 Å². The number of rotatable bonds is 7. The summed E-state index contributed by atoms with van der Waals surface area (Å²) in [7, 11) is 0. The lowest BCUT2D eigenvalue weighted by Gasteiger charge is -2.38. The third-order valence-corrected chi connectivity index (χ3v) is 5.60. The van der Waals surface area contributed by atoms with E-state index in [2.05, 4.69) is 41.4 Å². The van der Waals surface area contributed by atoms with Crippen molar-refractivity contribution in [2.24, 2.45) is 5.92 Å². The van der Waals surface area contributed by atoms with Crippen LogP contribution in [0.3, 0.4) is 0 Å². The molecule has 1 fully saturated rings. The molecule has 6 heteroatoms. The summed E-state index contributed by atoms with van der Waals surface area (Å²) in [5, 5.41) is 2.95. The van der Waals surface area contributed by atoms with E-state index in [1.807, 2.05) is 25.7 Å². The number of hydrogen-bond acceptors (Lipinski definition) is 4. The van der Waals surface area contributed by atoms with Crippen LogP contribution in [0.2, 0.25) is 0 Å². The minimum atomic E-state index is -0.551. The van der Waals surface area contributed by atoms with E-state index in [1.165, 1.54) is 11.3 Å². The minimum absolute atomic E-state index is 0.00560. The van der Waals surface area contributed by atoms with Crippen molar-refractivity contribution < 1.29 is 14.3 Å². The van der Waals surface area contributed by atoms with Crippen LogP contribution in [0.15, 0.2) is 48.5 Å². The summed E-state index contributed by atoms with van der Waals surface area (Å²) in [5.41, 5.74) is 2.94. The lowest BCUT2D eigenvalue weighted by Crippen LogP contribution is -2.56. The first-order valence-corrected chi connectivity index (χ1v) is 11.0. The topological polar surface area (TPSA) is 61.9 Å². The molecule has 3 rings (SSSR count). The van der Waals surface area contributed by atoms with Crippen molar-refractivity contribution in [2.45, 2.75) is 33.7 Å². The summed E-state index contributed by atoms with van der Waals surface area (Å²) < 4.78 is 5.43. The average Bonchev–Trinajstić information content (AvgIpc) is 2.77. The number of carbonyl (C=O) groups excluding carboxylic acids is 2. The van der Waals surface area contributed by atoms with E-state index in [1.54, 1.807) is 24.3 Å². The van der Waals surface area contributed by atoms with Crippen molar-refractivity contribution in [1.82, 2.24) is 10.2 Å². The Morgan fingerprint density at radius 3 is 2.29 bits per heavy atom. The van der Waals surface area contributed by atoms with Crippen LogP contribution in [-0.2, 0) is 4.79 Å². The van der Waals surface area contributed by atoms with Gasteiger partial charge >= 0.3 is 0 Å². The van der Waals surface area contributed by atoms with E-state index < -0.39 is 6.04 Å². The SMILES string of the molecule is CCOc1ccc(C(=O)NC(C(=O)N2CCN(c3cccc(C)c3)CC2)C(C)C)cc1. The van der Waals surface area contributed by atoms with Crippen LogP contribution >= 0.6 is 0 Å². The van der Waals surface area contributed by atoms with Gasteiger partial charge in [0.15, 0.2) is 0 Å². The molecule has 0 aromatic heterocycles. The van der Waals surface area contributed by atoms with Gasteiger partial charge in [0.2, 0.25) is 5.91 Å². The predicted molar refractivity (Wildman–Crippen MR) is 124 cm³/mol. The fraction of sp³-hybridized carbons (Fsp3) is 0.440. The fourth-order valence-corrected chi connectivity index (χ4v) is 3.81. The van der Waals surface area contributed by atoms with Gasteiger partial charge in [0, 0.05) is 37.4 Å². The van der Waals surface area contributed by atoms with E-state index in [4.69, 9.17) is 4.74 Å². The number of hydrogen-bond donors (Lipinski definition) is 1. The monoisotopic (exact) mass is 423 g/mol. The van der Waals surface area contributed by atoms with Crippen LogP contribution in [0.5, 0.6) is 5.75 Å². The van der Waals surface area contributed by atoms with Crippen molar-refractivity contribution in [3.05, 3.63) is 59.7 Å². The average molecular weight is 424 g/mol. The molecule has 1 aliphatic rings. The van der Waals surface area contributed by atoms with Gasteiger partial charge in [-0.2, -0.15) is 0 Å². The number of anilines is 1. The first-order chi connectivity index (χ1) is 14.9. The Balaban J connectivity index is 1.61. The molecule has 1 aliphatic heterocycles. The molecule has 2 aromatic carbocycles. The molecule has 0 bridgehead atoms. The molecule has 166 valence electrons. The second kappa shape index (κ2) is 10.3. The molecule has 31 heavy (non-hydrogen) atoms. The molecule has 1 N–H and O–H groups in total. The third kappa shape index (κ3) is 5.78. The van der Waals surface area contributed by atoms with E-state index in [9.17, 15) is 9.59 Å².